The van der Waals surface area contributed by atoms with Gasteiger partial charge in [0.15, 0.2) is 5.69 Å². The largest absolute Gasteiger partial charge is 0.477 e. The van der Waals surface area contributed by atoms with E-state index < -0.39 is 11.9 Å². The topological polar surface area (TPSA) is 118 Å². The molecule has 0 unspecified atom stereocenters. The fraction of sp³-hybridized carbons (Fsp3) is 0.167. The SMILES string of the molecule is Cc1nc(CNC(=O)c2ncccc2N)sc1C(=O)O. The molecule has 20 heavy (non-hydrogen) atoms. The molecule has 0 atom stereocenters. The molecule has 0 spiro atoms. The quantitative estimate of drug-likeness (QED) is 0.775. The zero-order valence-corrected chi connectivity index (χ0v) is 11.4. The molecule has 0 bridgehead atoms. The highest BCUT2D eigenvalue weighted by atomic mass is 32.1. The maximum atomic E-state index is 11.9. The number of carboxylic acids is 1. The highest BCUT2D eigenvalue weighted by molar-refractivity contribution is 7.13. The summed E-state index contributed by atoms with van der Waals surface area (Å²) in [6, 6.07) is 3.22. The molecule has 0 aliphatic heterocycles. The number of nitrogen functional groups attached to an aromatic ring is 1. The third-order valence-electron chi connectivity index (χ3n) is 2.49. The van der Waals surface area contributed by atoms with Crippen LogP contribution in [0.1, 0.15) is 30.9 Å². The second-order valence-corrected chi connectivity index (χ2v) is 5.03. The number of hydrogen-bond donors (Lipinski definition) is 3. The van der Waals surface area contributed by atoms with Crippen molar-refractivity contribution in [1.29, 1.82) is 0 Å². The molecule has 2 aromatic heterocycles. The number of aromatic nitrogens is 2. The van der Waals surface area contributed by atoms with Gasteiger partial charge in [-0.2, -0.15) is 0 Å². The van der Waals surface area contributed by atoms with E-state index >= 15 is 0 Å². The summed E-state index contributed by atoms with van der Waals surface area (Å²) in [5.41, 5.74) is 6.50. The van der Waals surface area contributed by atoms with Gasteiger partial charge in [-0.25, -0.2) is 14.8 Å². The van der Waals surface area contributed by atoms with Crippen molar-refractivity contribution in [2.75, 3.05) is 5.73 Å². The smallest absolute Gasteiger partial charge is 0.347 e. The lowest BCUT2D eigenvalue weighted by Crippen LogP contribution is -2.24. The second kappa shape index (κ2) is 5.66. The average Bonchev–Trinajstić information content (AvgIpc) is 2.78. The van der Waals surface area contributed by atoms with Gasteiger partial charge in [-0.3, -0.25) is 4.79 Å². The fourth-order valence-electron chi connectivity index (χ4n) is 1.57. The van der Waals surface area contributed by atoms with Crippen LogP contribution < -0.4 is 11.1 Å². The summed E-state index contributed by atoms with van der Waals surface area (Å²) < 4.78 is 0. The molecule has 7 nitrogen and oxygen atoms in total. The molecule has 2 heterocycles. The Morgan fingerprint density at radius 3 is 2.85 bits per heavy atom. The van der Waals surface area contributed by atoms with Gasteiger partial charge in [0.25, 0.3) is 5.91 Å². The van der Waals surface area contributed by atoms with Gasteiger partial charge >= 0.3 is 5.97 Å². The number of anilines is 1. The number of carboxylic acid groups (broad SMARTS) is 1. The van der Waals surface area contributed by atoms with E-state index in [9.17, 15) is 9.59 Å². The third-order valence-corrected chi connectivity index (χ3v) is 3.63. The number of hydrogen-bond acceptors (Lipinski definition) is 6. The first-order valence-electron chi connectivity index (χ1n) is 5.67. The van der Waals surface area contributed by atoms with E-state index in [1.807, 2.05) is 0 Å². The van der Waals surface area contributed by atoms with E-state index in [1.165, 1.54) is 6.20 Å². The van der Waals surface area contributed by atoms with Gasteiger partial charge in [-0.1, -0.05) is 0 Å². The van der Waals surface area contributed by atoms with Gasteiger partial charge in [0.1, 0.15) is 9.88 Å². The molecule has 8 heteroatoms. The van der Waals surface area contributed by atoms with Crippen molar-refractivity contribution < 1.29 is 14.7 Å². The maximum absolute atomic E-state index is 11.9. The van der Waals surface area contributed by atoms with Gasteiger partial charge in [0, 0.05) is 6.20 Å². The van der Waals surface area contributed by atoms with Crippen LogP contribution in [0.25, 0.3) is 0 Å². The lowest BCUT2D eigenvalue weighted by molar-refractivity contribution is 0.0701. The minimum atomic E-state index is -1.02. The minimum absolute atomic E-state index is 0.133. The molecule has 104 valence electrons. The van der Waals surface area contributed by atoms with E-state index in [1.54, 1.807) is 19.1 Å². The number of rotatable bonds is 4. The summed E-state index contributed by atoms with van der Waals surface area (Å²) in [7, 11) is 0. The Labute approximate surface area is 118 Å². The molecule has 0 saturated carbocycles. The zero-order chi connectivity index (χ0) is 14.7. The van der Waals surface area contributed by atoms with E-state index in [0.29, 0.717) is 10.7 Å². The fourth-order valence-corrected chi connectivity index (χ4v) is 2.42. The highest BCUT2D eigenvalue weighted by Crippen LogP contribution is 2.18. The van der Waals surface area contributed by atoms with E-state index in [0.717, 1.165) is 11.3 Å². The summed E-state index contributed by atoms with van der Waals surface area (Å²) in [4.78, 5) is 30.9. The Hall–Kier alpha value is -2.48. The standard InChI is InChI=1S/C12H12N4O3S/c1-6-10(12(18)19)20-8(16-6)5-15-11(17)9-7(13)3-2-4-14-9/h2-4H,5,13H2,1H3,(H,15,17)(H,18,19). The summed E-state index contributed by atoms with van der Waals surface area (Å²) in [6.07, 6.45) is 1.47. The summed E-state index contributed by atoms with van der Waals surface area (Å²) >= 11 is 1.03. The monoisotopic (exact) mass is 292 g/mol. The summed E-state index contributed by atoms with van der Waals surface area (Å²) in [5.74, 6) is -1.45. The number of nitrogens with one attached hydrogen (secondary N) is 1. The van der Waals surface area contributed by atoms with Gasteiger partial charge in [0.05, 0.1) is 17.9 Å². The lowest BCUT2D eigenvalue weighted by Gasteiger charge is -2.04. The molecule has 0 fully saturated rings. The molecule has 1 amide bonds. The number of nitrogens with two attached hydrogens (primary N) is 1. The van der Waals surface area contributed by atoms with Crippen molar-refractivity contribution in [3.8, 4) is 0 Å². The molecule has 0 aliphatic carbocycles. The Morgan fingerprint density at radius 2 is 2.25 bits per heavy atom. The number of pyridine rings is 1. The van der Waals surface area contributed by atoms with Gasteiger partial charge < -0.3 is 16.2 Å². The van der Waals surface area contributed by atoms with Crippen molar-refractivity contribution in [3.05, 3.63) is 39.6 Å². The van der Waals surface area contributed by atoms with Crippen LogP contribution in [0.15, 0.2) is 18.3 Å². The highest BCUT2D eigenvalue weighted by Gasteiger charge is 2.15. The van der Waals surface area contributed by atoms with Crippen LogP contribution in [0.2, 0.25) is 0 Å². The predicted molar refractivity (Wildman–Crippen MR) is 73.6 cm³/mol. The number of thiazole rings is 1. The minimum Gasteiger partial charge on any atom is -0.477 e. The Morgan fingerprint density at radius 1 is 1.50 bits per heavy atom. The Bertz CT molecular complexity index is 668. The Balaban J connectivity index is 2.06. The van der Waals surface area contributed by atoms with Crippen molar-refractivity contribution in [1.82, 2.24) is 15.3 Å². The predicted octanol–water partition coefficient (Wildman–Crippen LogP) is 1.06. The second-order valence-electron chi connectivity index (χ2n) is 3.95. The molecule has 4 N–H and O–H groups in total. The van der Waals surface area contributed by atoms with Crippen LogP contribution in [0.4, 0.5) is 5.69 Å². The van der Waals surface area contributed by atoms with E-state index in [2.05, 4.69) is 15.3 Å². The zero-order valence-electron chi connectivity index (χ0n) is 10.6. The molecule has 0 radical (unpaired) electrons. The number of aryl methyl sites for hydroxylation is 1. The maximum Gasteiger partial charge on any atom is 0.347 e. The molecule has 2 rings (SSSR count). The van der Waals surface area contributed by atoms with Crippen molar-refractivity contribution in [3.63, 3.8) is 0 Å². The summed E-state index contributed by atoms with van der Waals surface area (Å²) in [5, 5.41) is 12.1. The molecule has 0 aromatic carbocycles. The number of carbonyl (C=O) groups is 2. The van der Waals surface area contributed by atoms with Crippen LogP contribution in [-0.2, 0) is 6.54 Å². The molecular formula is C12H12N4O3S. The van der Waals surface area contributed by atoms with Crippen LogP contribution in [-0.4, -0.2) is 27.0 Å². The first kappa shape index (κ1) is 13.9. The number of nitrogens with zero attached hydrogens (tertiary/aromatic N) is 2. The van der Waals surface area contributed by atoms with E-state index in [4.69, 9.17) is 10.8 Å². The first-order chi connectivity index (χ1) is 9.49. The third kappa shape index (κ3) is 2.91. The van der Waals surface area contributed by atoms with E-state index in [-0.39, 0.29) is 22.8 Å². The van der Waals surface area contributed by atoms with Crippen LogP contribution in [0, 0.1) is 6.92 Å². The number of aromatic carboxylic acids is 1. The molecule has 0 saturated heterocycles. The van der Waals surface area contributed by atoms with Gasteiger partial charge in [-0.15, -0.1) is 11.3 Å². The van der Waals surface area contributed by atoms with Crippen molar-refractivity contribution >= 4 is 28.9 Å². The van der Waals surface area contributed by atoms with Crippen LogP contribution in [0.3, 0.4) is 0 Å². The number of amides is 1. The average molecular weight is 292 g/mol. The van der Waals surface area contributed by atoms with Crippen LogP contribution in [0.5, 0.6) is 0 Å². The molecule has 2 aromatic rings. The van der Waals surface area contributed by atoms with Gasteiger partial charge in [0.2, 0.25) is 0 Å². The van der Waals surface area contributed by atoms with Crippen LogP contribution >= 0.6 is 11.3 Å². The Kier molecular flexibility index (Phi) is 3.94. The lowest BCUT2D eigenvalue weighted by atomic mass is 10.3. The van der Waals surface area contributed by atoms with Gasteiger partial charge in [-0.05, 0) is 19.1 Å². The molecule has 0 aliphatic rings. The van der Waals surface area contributed by atoms with Crippen molar-refractivity contribution in [2.45, 2.75) is 13.5 Å². The summed E-state index contributed by atoms with van der Waals surface area (Å²) in [6.45, 7) is 1.75. The normalized spacial score (nSPS) is 10.2. The van der Waals surface area contributed by atoms with Crippen molar-refractivity contribution in [2.24, 2.45) is 0 Å². The number of carbonyl (C=O) groups excluding carboxylic acids is 1. The molecular weight excluding hydrogens is 280 g/mol. The first-order valence-corrected chi connectivity index (χ1v) is 6.49.